The summed E-state index contributed by atoms with van der Waals surface area (Å²) in [4.78, 5) is 4.08. The van der Waals surface area contributed by atoms with E-state index in [4.69, 9.17) is 5.26 Å². The molecule has 1 N–H and O–H groups in total. The van der Waals surface area contributed by atoms with Crippen molar-refractivity contribution in [2.75, 3.05) is 0 Å². The summed E-state index contributed by atoms with van der Waals surface area (Å²) in [5.41, 5.74) is 1.13. The van der Waals surface area contributed by atoms with Crippen molar-refractivity contribution in [2.45, 2.75) is 32.4 Å². The van der Waals surface area contributed by atoms with Crippen molar-refractivity contribution in [3.63, 3.8) is 0 Å². The van der Waals surface area contributed by atoms with Crippen LogP contribution in [0.15, 0.2) is 22.9 Å². The highest BCUT2D eigenvalue weighted by Crippen LogP contribution is 2.09. The fraction of sp³-hybridized carbons (Fsp3) is 0.455. The molecule has 4 heteroatoms. The second kappa shape index (κ2) is 6.54. The van der Waals surface area contributed by atoms with Gasteiger partial charge in [-0.05, 0) is 34.0 Å². The first-order valence-corrected chi connectivity index (χ1v) is 5.75. The first-order valence-electron chi connectivity index (χ1n) is 4.96. The molecule has 0 aromatic carbocycles. The van der Waals surface area contributed by atoms with Gasteiger partial charge in [-0.15, -0.1) is 0 Å². The molecule has 15 heavy (non-hydrogen) atoms. The van der Waals surface area contributed by atoms with E-state index in [1.54, 1.807) is 6.20 Å². The van der Waals surface area contributed by atoms with E-state index in [9.17, 15) is 0 Å². The molecule has 0 saturated heterocycles. The predicted molar refractivity (Wildman–Crippen MR) is 63.1 cm³/mol. The Bertz CT molecular complexity index is 346. The van der Waals surface area contributed by atoms with Crippen LogP contribution in [0, 0.1) is 11.3 Å². The lowest BCUT2D eigenvalue weighted by Crippen LogP contribution is -2.27. The number of nitrogens with zero attached hydrogens (tertiary/aromatic N) is 2. The van der Waals surface area contributed by atoms with Crippen LogP contribution < -0.4 is 5.32 Å². The van der Waals surface area contributed by atoms with Crippen LogP contribution in [0.4, 0.5) is 0 Å². The van der Waals surface area contributed by atoms with E-state index in [2.05, 4.69) is 39.2 Å². The third-order valence-corrected chi connectivity index (χ3v) is 2.62. The van der Waals surface area contributed by atoms with Gasteiger partial charge in [0.05, 0.1) is 12.5 Å². The number of aromatic nitrogens is 1. The van der Waals surface area contributed by atoms with Crippen LogP contribution >= 0.6 is 15.9 Å². The molecule has 0 saturated carbocycles. The zero-order valence-corrected chi connectivity index (χ0v) is 10.3. The number of halogens is 1. The van der Waals surface area contributed by atoms with Crippen LogP contribution in [0.3, 0.4) is 0 Å². The molecule has 0 spiro atoms. The molecule has 0 aliphatic rings. The average Bonchev–Trinajstić information content (AvgIpc) is 2.24. The van der Waals surface area contributed by atoms with Crippen molar-refractivity contribution in [2.24, 2.45) is 0 Å². The minimum atomic E-state index is 0.272. The molecule has 0 bridgehead atoms. The summed E-state index contributed by atoms with van der Waals surface area (Å²) in [6, 6.07) is 4.48. The highest BCUT2D eigenvalue weighted by atomic mass is 79.9. The fourth-order valence-electron chi connectivity index (χ4n) is 1.29. The first kappa shape index (κ1) is 12.2. The zero-order chi connectivity index (χ0) is 11.1. The quantitative estimate of drug-likeness (QED) is 0.893. The van der Waals surface area contributed by atoms with Gasteiger partial charge in [0.2, 0.25) is 0 Å². The summed E-state index contributed by atoms with van der Waals surface area (Å²) in [5, 5.41) is 11.9. The molecule has 0 amide bonds. The smallest absolute Gasteiger partial charge is 0.0638 e. The maximum atomic E-state index is 8.60. The van der Waals surface area contributed by atoms with E-state index in [1.807, 2.05) is 12.3 Å². The van der Waals surface area contributed by atoms with Crippen LogP contribution in [0.1, 0.15) is 25.3 Å². The van der Waals surface area contributed by atoms with E-state index in [1.165, 1.54) is 0 Å². The fourth-order valence-corrected chi connectivity index (χ4v) is 1.70. The van der Waals surface area contributed by atoms with E-state index in [-0.39, 0.29) is 6.04 Å². The molecule has 0 fully saturated rings. The minimum absolute atomic E-state index is 0.272. The normalized spacial score (nSPS) is 12.1. The van der Waals surface area contributed by atoms with Gasteiger partial charge < -0.3 is 5.32 Å². The molecule has 1 unspecified atom stereocenters. The molecular formula is C11H14BrN3. The number of rotatable bonds is 5. The Morgan fingerprint density at radius 1 is 1.60 bits per heavy atom. The molecule has 1 rings (SSSR count). The zero-order valence-electron chi connectivity index (χ0n) is 8.70. The summed E-state index contributed by atoms with van der Waals surface area (Å²) in [7, 11) is 0. The molecule has 1 aromatic rings. The number of pyridine rings is 1. The largest absolute Gasteiger partial charge is 0.309 e. The molecular weight excluding hydrogens is 254 g/mol. The van der Waals surface area contributed by atoms with Gasteiger partial charge in [-0.1, -0.05) is 6.92 Å². The Balaban J connectivity index is 2.46. The van der Waals surface area contributed by atoms with Gasteiger partial charge in [0.15, 0.2) is 0 Å². The third kappa shape index (κ3) is 4.41. The second-order valence-electron chi connectivity index (χ2n) is 3.36. The molecule has 1 atom stereocenters. The summed E-state index contributed by atoms with van der Waals surface area (Å²) in [6.07, 6.45) is 5.11. The number of nitriles is 1. The van der Waals surface area contributed by atoms with Gasteiger partial charge in [0, 0.05) is 29.5 Å². The van der Waals surface area contributed by atoms with E-state index in [0.717, 1.165) is 23.0 Å². The van der Waals surface area contributed by atoms with Gasteiger partial charge in [0.25, 0.3) is 0 Å². The topological polar surface area (TPSA) is 48.7 Å². The summed E-state index contributed by atoms with van der Waals surface area (Å²) in [5.74, 6) is 0. The number of hydrogen-bond donors (Lipinski definition) is 1. The Kier molecular flexibility index (Phi) is 5.30. The lowest BCUT2D eigenvalue weighted by molar-refractivity contribution is 0.504. The minimum Gasteiger partial charge on any atom is -0.309 e. The van der Waals surface area contributed by atoms with Crippen molar-refractivity contribution in [3.05, 3.63) is 28.5 Å². The number of nitrogens with one attached hydrogen (secondary N) is 1. The summed E-state index contributed by atoms with van der Waals surface area (Å²) < 4.78 is 0.982. The van der Waals surface area contributed by atoms with Crippen molar-refractivity contribution in [1.29, 1.82) is 5.26 Å². The van der Waals surface area contributed by atoms with Gasteiger partial charge in [-0.25, -0.2) is 0 Å². The van der Waals surface area contributed by atoms with Crippen LogP contribution in [0.25, 0.3) is 0 Å². The molecule has 0 aliphatic carbocycles. The first-order chi connectivity index (χ1) is 7.26. The van der Waals surface area contributed by atoms with Gasteiger partial charge in [-0.2, -0.15) is 5.26 Å². The Labute approximate surface area is 98.7 Å². The molecule has 3 nitrogen and oxygen atoms in total. The standard InChI is InChI=1S/C11H14BrN3/c1-2-11(3-4-13)15-7-9-5-10(12)8-14-6-9/h5-6,8,11,15H,2-3,7H2,1H3. The Morgan fingerprint density at radius 3 is 3.00 bits per heavy atom. The van der Waals surface area contributed by atoms with Crippen molar-refractivity contribution in [1.82, 2.24) is 10.3 Å². The van der Waals surface area contributed by atoms with E-state index < -0.39 is 0 Å². The average molecular weight is 268 g/mol. The van der Waals surface area contributed by atoms with E-state index >= 15 is 0 Å². The maximum absolute atomic E-state index is 8.60. The van der Waals surface area contributed by atoms with Crippen molar-refractivity contribution in [3.8, 4) is 6.07 Å². The Morgan fingerprint density at radius 2 is 2.40 bits per heavy atom. The van der Waals surface area contributed by atoms with Crippen LogP contribution in [0.2, 0.25) is 0 Å². The lowest BCUT2D eigenvalue weighted by Gasteiger charge is -2.13. The summed E-state index contributed by atoms with van der Waals surface area (Å²) >= 11 is 3.37. The van der Waals surface area contributed by atoms with Crippen molar-refractivity contribution < 1.29 is 0 Å². The molecule has 1 aromatic heterocycles. The number of hydrogen-bond acceptors (Lipinski definition) is 3. The molecule has 80 valence electrons. The highest BCUT2D eigenvalue weighted by molar-refractivity contribution is 9.10. The molecule has 1 heterocycles. The second-order valence-corrected chi connectivity index (χ2v) is 4.28. The predicted octanol–water partition coefficient (Wildman–Crippen LogP) is 2.63. The molecule has 0 radical (unpaired) electrons. The highest BCUT2D eigenvalue weighted by Gasteiger charge is 2.04. The SMILES string of the molecule is CCC(CC#N)NCc1cncc(Br)c1. The van der Waals surface area contributed by atoms with Crippen LogP contribution in [0.5, 0.6) is 0 Å². The van der Waals surface area contributed by atoms with Gasteiger partial charge in [0.1, 0.15) is 0 Å². The maximum Gasteiger partial charge on any atom is 0.0638 e. The van der Waals surface area contributed by atoms with Gasteiger partial charge >= 0.3 is 0 Å². The lowest BCUT2D eigenvalue weighted by atomic mass is 10.1. The van der Waals surface area contributed by atoms with Gasteiger partial charge in [-0.3, -0.25) is 4.98 Å². The van der Waals surface area contributed by atoms with Crippen LogP contribution in [-0.2, 0) is 6.54 Å². The monoisotopic (exact) mass is 267 g/mol. The van der Waals surface area contributed by atoms with Crippen molar-refractivity contribution >= 4 is 15.9 Å². The van der Waals surface area contributed by atoms with Crippen LogP contribution in [-0.4, -0.2) is 11.0 Å². The summed E-state index contributed by atoms with van der Waals surface area (Å²) in [6.45, 7) is 2.83. The third-order valence-electron chi connectivity index (χ3n) is 2.19. The Hall–Kier alpha value is -0.920. The van der Waals surface area contributed by atoms with E-state index in [0.29, 0.717) is 6.42 Å². The molecule has 0 aliphatic heterocycles.